The van der Waals surface area contributed by atoms with Gasteiger partial charge in [0.15, 0.2) is 5.82 Å². The van der Waals surface area contributed by atoms with Crippen molar-refractivity contribution in [2.75, 3.05) is 24.4 Å². The van der Waals surface area contributed by atoms with E-state index in [-0.39, 0.29) is 40.5 Å². The summed E-state index contributed by atoms with van der Waals surface area (Å²) in [6, 6.07) is 2.49. The molecule has 4 rings (SSSR count). The van der Waals surface area contributed by atoms with Gasteiger partial charge in [0.2, 0.25) is 5.95 Å². The number of hydrogen-bond donors (Lipinski definition) is 3. The van der Waals surface area contributed by atoms with Crippen molar-refractivity contribution < 1.29 is 4.74 Å². The van der Waals surface area contributed by atoms with Crippen LogP contribution in [0.2, 0.25) is 0 Å². The molecule has 1 aliphatic rings. The molecule has 3 aromatic heterocycles. The number of methoxy groups -OCH3 is 1. The smallest absolute Gasteiger partial charge is 0.232 e. The maximum Gasteiger partial charge on any atom is 0.232 e. The Morgan fingerprint density at radius 1 is 1.28 bits per heavy atom. The first-order valence-electron chi connectivity index (χ1n) is 8.93. The zero-order valence-corrected chi connectivity index (χ0v) is 18.2. The van der Waals surface area contributed by atoms with E-state index in [9.17, 15) is 0 Å². The monoisotopic (exact) mass is 440 g/mol. The second-order valence-electron chi connectivity index (χ2n) is 6.92. The van der Waals surface area contributed by atoms with Crippen LogP contribution in [0, 0.1) is 5.92 Å². The van der Waals surface area contributed by atoms with Crippen molar-refractivity contribution in [2.24, 2.45) is 5.92 Å². The van der Waals surface area contributed by atoms with Crippen LogP contribution in [-0.4, -0.2) is 49.7 Å². The average Bonchev–Trinajstić information content (AvgIpc) is 3.18. The van der Waals surface area contributed by atoms with Gasteiger partial charge in [-0.3, -0.25) is 0 Å². The largest absolute Gasteiger partial charge is 0.382 e. The number of fused-ring (bicyclic) bond motifs is 1. The molecule has 29 heavy (non-hydrogen) atoms. The molecule has 0 amide bonds. The molecule has 162 valence electrons. The SMILES string of the molecule is C.COCC(C)n1cc(Nc2nc(N[C@@H](C)C3CC3)c3cc[nH]c3n2)nn1.S.S. The van der Waals surface area contributed by atoms with E-state index in [2.05, 4.69) is 42.8 Å². The van der Waals surface area contributed by atoms with Gasteiger partial charge >= 0.3 is 0 Å². The first kappa shape index (κ1) is 25.1. The fourth-order valence-corrected chi connectivity index (χ4v) is 3.02. The zero-order chi connectivity index (χ0) is 18.1. The van der Waals surface area contributed by atoms with Gasteiger partial charge < -0.3 is 20.4 Å². The lowest BCUT2D eigenvalue weighted by atomic mass is 10.2. The van der Waals surface area contributed by atoms with Gasteiger partial charge in [0.1, 0.15) is 11.5 Å². The number of hydrogen-bond acceptors (Lipinski definition) is 7. The van der Waals surface area contributed by atoms with Crippen LogP contribution in [0.4, 0.5) is 17.6 Å². The Kier molecular flexibility index (Phi) is 9.24. The third-order valence-electron chi connectivity index (χ3n) is 4.72. The molecule has 0 radical (unpaired) electrons. The highest BCUT2D eigenvalue weighted by Crippen LogP contribution is 2.34. The van der Waals surface area contributed by atoms with Crippen molar-refractivity contribution in [1.29, 1.82) is 0 Å². The highest BCUT2D eigenvalue weighted by atomic mass is 32.1. The standard InChI is InChI=1S/C17H24N8O.CH4.2H2S/c1-10(9-26-3)25-8-14(23-24-25)20-17-21-15-13(6-7-18-15)16(22-17)19-11(2)12-4-5-12;;;/h6-8,10-12H,4-5,9H2,1-3H3,(H3,18,19,20,21,22);1H4;2*1H2/t10?,11-;;;/m0.../s1. The molecule has 0 aromatic carbocycles. The van der Waals surface area contributed by atoms with E-state index in [0.717, 1.165) is 22.8 Å². The van der Waals surface area contributed by atoms with Gasteiger partial charge in [-0.2, -0.15) is 37.0 Å². The van der Waals surface area contributed by atoms with Gasteiger partial charge in [0.05, 0.1) is 24.2 Å². The fraction of sp³-hybridized carbons (Fsp3) is 0.556. The van der Waals surface area contributed by atoms with E-state index in [1.807, 2.05) is 25.4 Å². The molecule has 11 heteroatoms. The van der Waals surface area contributed by atoms with Crippen LogP contribution >= 0.6 is 27.0 Å². The van der Waals surface area contributed by atoms with Crippen LogP contribution < -0.4 is 10.6 Å². The highest BCUT2D eigenvalue weighted by molar-refractivity contribution is 7.59. The molecule has 3 aromatic rings. The molecular formula is C18H32N8OS2. The summed E-state index contributed by atoms with van der Waals surface area (Å²) in [5.41, 5.74) is 0.785. The maximum absolute atomic E-state index is 5.16. The lowest BCUT2D eigenvalue weighted by Crippen LogP contribution is -2.18. The van der Waals surface area contributed by atoms with Crippen molar-refractivity contribution in [1.82, 2.24) is 29.9 Å². The summed E-state index contributed by atoms with van der Waals surface area (Å²) >= 11 is 0. The van der Waals surface area contributed by atoms with Crippen LogP contribution in [-0.2, 0) is 4.74 Å². The summed E-state index contributed by atoms with van der Waals surface area (Å²) in [7, 11) is 1.67. The van der Waals surface area contributed by atoms with E-state index in [0.29, 0.717) is 24.4 Å². The number of nitrogens with zero attached hydrogens (tertiary/aromatic N) is 5. The van der Waals surface area contributed by atoms with Crippen molar-refractivity contribution in [2.45, 2.75) is 46.2 Å². The molecule has 9 nitrogen and oxygen atoms in total. The summed E-state index contributed by atoms with van der Waals surface area (Å²) in [4.78, 5) is 12.3. The fourth-order valence-electron chi connectivity index (χ4n) is 3.02. The number of aromatic nitrogens is 6. The van der Waals surface area contributed by atoms with Crippen molar-refractivity contribution >= 4 is 55.6 Å². The molecule has 0 spiro atoms. The minimum atomic E-state index is 0. The van der Waals surface area contributed by atoms with Crippen LogP contribution in [0.3, 0.4) is 0 Å². The van der Waals surface area contributed by atoms with Gasteiger partial charge in [-0.1, -0.05) is 12.6 Å². The summed E-state index contributed by atoms with van der Waals surface area (Å²) < 4.78 is 6.91. The molecule has 1 aliphatic carbocycles. The average molecular weight is 441 g/mol. The lowest BCUT2D eigenvalue weighted by molar-refractivity contribution is 0.156. The molecular weight excluding hydrogens is 408 g/mol. The Hall–Kier alpha value is -1.98. The number of nitrogens with one attached hydrogen (secondary N) is 3. The Labute approximate surface area is 185 Å². The number of aromatic amines is 1. The maximum atomic E-state index is 5.16. The second-order valence-corrected chi connectivity index (χ2v) is 6.92. The van der Waals surface area contributed by atoms with Crippen molar-refractivity contribution in [3.8, 4) is 0 Å². The highest BCUT2D eigenvalue weighted by Gasteiger charge is 2.28. The first-order valence-corrected chi connectivity index (χ1v) is 8.93. The molecule has 1 unspecified atom stereocenters. The minimum absolute atomic E-state index is 0. The van der Waals surface area contributed by atoms with Gasteiger partial charge in [0, 0.05) is 19.3 Å². The van der Waals surface area contributed by atoms with E-state index in [1.54, 1.807) is 11.8 Å². The van der Waals surface area contributed by atoms with Crippen molar-refractivity contribution in [3.63, 3.8) is 0 Å². The number of ether oxygens (including phenoxy) is 1. The van der Waals surface area contributed by atoms with E-state index >= 15 is 0 Å². The van der Waals surface area contributed by atoms with E-state index in [1.165, 1.54) is 12.8 Å². The first-order chi connectivity index (χ1) is 12.6. The summed E-state index contributed by atoms with van der Waals surface area (Å²) in [5.74, 6) is 2.65. The summed E-state index contributed by atoms with van der Waals surface area (Å²) in [5, 5.41) is 15.9. The van der Waals surface area contributed by atoms with Crippen LogP contribution in [0.25, 0.3) is 11.0 Å². The Balaban J connectivity index is 0.00000140. The van der Waals surface area contributed by atoms with E-state index in [4.69, 9.17) is 4.74 Å². The molecule has 0 aliphatic heterocycles. The molecule has 1 saturated carbocycles. The molecule has 0 bridgehead atoms. The van der Waals surface area contributed by atoms with Crippen LogP contribution in [0.15, 0.2) is 18.5 Å². The van der Waals surface area contributed by atoms with Crippen LogP contribution in [0.1, 0.15) is 40.2 Å². The third kappa shape index (κ3) is 5.77. The Morgan fingerprint density at radius 3 is 2.72 bits per heavy atom. The second kappa shape index (κ2) is 10.7. The van der Waals surface area contributed by atoms with Gasteiger partial charge in [-0.25, -0.2) is 4.68 Å². The predicted molar refractivity (Wildman–Crippen MR) is 127 cm³/mol. The number of rotatable bonds is 8. The van der Waals surface area contributed by atoms with E-state index < -0.39 is 0 Å². The summed E-state index contributed by atoms with van der Waals surface area (Å²) in [6.45, 7) is 4.79. The molecule has 2 atom stereocenters. The summed E-state index contributed by atoms with van der Waals surface area (Å²) in [6.07, 6.45) is 6.26. The number of H-pyrrole nitrogens is 1. The van der Waals surface area contributed by atoms with Gasteiger partial charge in [0.25, 0.3) is 0 Å². The van der Waals surface area contributed by atoms with Gasteiger partial charge in [-0.05, 0) is 38.7 Å². The zero-order valence-electron chi connectivity index (χ0n) is 16.2. The molecule has 3 N–H and O–H groups in total. The topological polar surface area (TPSA) is 106 Å². The van der Waals surface area contributed by atoms with Crippen molar-refractivity contribution in [3.05, 3.63) is 18.5 Å². The molecule has 3 heterocycles. The normalized spacial score (nSPS) is 14.9. The Bertz CT molecular complexity index is 895. The molecule has 1 fully saturated rings. The lowest BCUT2D eigenvalue weighted by Gasteiger charge is -2.15. The minimum Gasteiger partial charge on any atom is -0.382 e. The van der Waals surface area contributed by atoms with Gasteiger partial charge in [-0.15, -0.1) is 5.10 Å². The predicted octanol–water partition coefficient (Wildman–Crippen LogP) is 3.57. The number of anilines is 3. The van der Waals surface area contributed by atoms with Crippen LogP contribution in [0.5, 0.6) is 0 Å². The Morgan fingerprint density at radius 2 is 2.03 bits per heavy atom. The quantitative estimate of drug-likeness (QED) is 0.492. The third-order valence-corrected chi connectivity index (χ3v) is 4.72. The molecule has 0 saturated heterocycles.